The fourth-order valence-corrected chi connectivity index (χ4v) is 1.14. The molecule has 0 aliphatic carbocycles. The molecule has 0 aromatic rings. The fraction of sp³-hybridized carbons (Fsp3) is 1.00. The molecule has 0 rings (SSSR count). The van der Waals surface area contributed by atoms with Gasteiger partial charge in [0, 0.05) is 0 Å². The van der Waals surface area contributed by atoms with Gasteiger partial charge in [-0.15, -0.1) is 0 Å². The summed E-state index contributed by atoms with van der Waals surface area (Å²) in [6.07, 6.45) is 5.82. The van der Waals surface area contributed by atoms with Crippen molar-refractivity contribution < 1.29 is 9.78 Å². The van der Waals surface area contributed by atoms with Crippen molar-refractivity contribution in [1.82, 2.24) is 0 Å². The Kier molecular flexibility index (Phi) is 8.20. The maximum absolute atomic E-state index is 5.05. The minimum atomic E-state index is 0.447. The molecule has 0 bridgehead atoms. The normalized spacial score (nSPS) is 12.0. The van der Waals surface area contributed by atoms with E-state index in [0.717, 1.165) is 32.5 Å². The highest BCUT2D eigenvalue weighted by Crippen LogP contribution is 2.21. The van der Waals surface area contributed by atoms with E-state index in [1.807, 2.05) is 0 Å². The van der Waals surface area contributed by atoms with E-state index in [4.69, 9.17) is 9.78 Å². The first-order chi connectivity index (χ1) is 6.56. The SMILES string of the molecule is CCCCOOCCCCC(C)(C)C. The van der Waals surface area contributed by atoms with Crippen LogP contribution in [0.2, 0.25) is 0 Å². The van der Waals surface area contributed by atoms with Crippen molar-refractivity contribution in [1.29, 1.82) is 0 Å². The summed E-state index contributed by atoms with van der Waals surface area (Å²) in [6, 6.07) is 0. The molecule has 0 fully saturated rings. The van der Waals surface area contributed by atoms with Gasteiger partial charge in [-0.1, -0.05) is 40.5 Å². The number of hydrogen-bond acceptors (Lipinski definition) is 2. The van der Waals surface area contributed by atoms with Crippen LogP contribution in [0.5, 0.6) is 0 Å². The average Bonchev–Trinajstić information content (AvgIpc) is 2.08. The Labute approximate surface area is 88.9 Å². The van der Waals surface area contributed by atoms with Crippen LogP contribution in [0.1, 0.15) is 59.8 Å². The van der Waals surface area contributed by atoms with Crippen LogP contribution in [-0.2, 0) is 9.78 Å². The van der Waals surface area contributed by atoms with Crippen LogP contribution in [0.3, 0.4) is 0 Å². The van der Waals surface area contributed by atoms with Crippen LogP contribution < -0.4 is 0 Å². The molecule has 0 aromatic heterocycles. The smallest absolute Gasteiger partial charge is 0.0822 e. The largest absolute Gasteiger partial charge is 0.237 e. The van der Waals surface area contributed by atoms with Crippen molar-refractivity contribution in [3.05, 3.63) is 0 Å². The van der Waals surface area contributed by atoms with E-state index in [1.165, 1.54) is 12.8 Å². The average molecular weight is 202 g/mol. The first-order valence-electron chi connectivity index (χ1n) is 5.80. The molecule has 0 amide bonds. The van der Waals surface area contributed by atoms with Crippen molar-refractivity contribution in [2.45, 2.75) is 59.8 Å². The zero-order chi connectivity index (χ0) is 10.9. The van der Waals surface area contributed by atoms with Crippen LogP contribution in [0.4, 0.5) is 0 Å². The molecule has 0 saturated carbocycles. The van der Waals surface area contributed by atoms with Crippen molar-refractivity contribution in [3.8, 4) is 0 Å². The quantitative estimate of drug-likeness (QED) is 0.337. The highest BCUT2D eigenvalue weighted by atomic mass is 17.2. The van der Waals surface area contributed by atoms with Gasteiger partial charge in [0.15, 0.2) is 0 Å². The minimum Gasteiger partial charge on any atom is -0.237 e. The Morgan fingerprint density at radius 2 is 1.43 bits per heavy atom. The minimum absolute atomic E-state index is 0.447. The van der Waals surface area contributed by atoms with Gasteiger partial charge in [0.1, 0.15) is 0 Å². The second kappa shape index (κ2) is 8.25. The third-order valence-electron chi connectivity index (χ3n) is 2.07. The third-order valence-corrected chi connectivity index (χ3v) is 2.07. The van der Waals surface area contributed by atoms with Gasteiger partial charge in [-0.25, -0.2) is 9.78 Å². The lowest BCUT2D eigenvalue weighted by molar-refractivity contribution is -0.295. The molecule has 2 nitrogen and oxygen atoms in total. The van der Waals surface area contributed by atoms with Crippen LogP contribution >= 0.6 is 0 Å². The topological polar surface area (TPSA) is 18.5 Å². The van der Waals surface area contributed by atoms with E-state index in [0.29, 0.717) is 5.41 Å². The lowest BCUT2D eigenvalue weighted by Gasteiger charge is -2.17. The van der Waals surface area contributed by atoms with Crippen molar-refractivity contribution in [3.63, 3.8) is 0 Å². The summed E-state index contributed by atoms with van der Waals surface area (Å²) in [7, 11) is 0. The van der Waals surface area contributed by atoms with Crippen LogP contribution in [0, 0.1) is 5.41 Å². The molecule has 0 aliphatic heterocycles. The van der Waals surface area contributed by atoms with Gasteiger partial charge in [0.05, 0.1) is 13.2 Å². The van der Waals surface area contributed by atoms with Gasteiger partial charge >= 0.3 is 0 Å². The Hall–Kier alpha value is -0.0800. The molecule has 0 N–H and O–H groups in total. The van der Waals surface area contributed by atoms with Gasteiger partial charge in [-0.3, -0.25) is 0 Å². The van der Waals surface area contributed by atoms with Crippen molar-refractivity contribution in [2.75, 3.05) is 13.2 Å². The first-order valence-corrected chi connectivity index (χ1v) is 5.80. The van der Waals surface area contributed by atoms with E-state index in [9.17, 15) is 0 Å². The molecule has 0 saturated heterocycles. The second-order valence-electron chi connectivity index (χ2n) is 5.02. The second-order valence-corrected chi connectivity index (χ2v) is 5.02. The van der Waals surface area contributed by atoms with E-state index < -0.39 is 0 Å². The third kappa shape index (κ3) is 11.9. The Balaban J connectivity index is 2.99. The summed E-state index contributed by atoms with van der Waals surface area (Å²) in [5, 5.41) is 0. The summed E-state index contributed by atoms with van der Waals surface area (Å²) in [5.41, 5.74) is 0.447. The Bertz CT molecular complexity index is 116. The molecule has 0 aromatic carbocycles. The summed E-state index contributed by atoms with van der Waals surface area (Å²) in [5.74, 6) is 0. The predicted molar refractivity (Wildman–Crippen MR) is 60.1 cm³/mol. The molecule has 2 heteroatoms. The maximum Gasteiger partial charge on any atom is 0.0822 e. The molecule has 0 aliphatic rings. The van der Waals surface area contributed by atoms with Gasteiger partial charge in [-0.05, 0) is 24.7 Å². The lowest BCUT2D eigenvalue weighted by Crippen LogP contribution is -2.05. The summed E-state index contributed by atoms with van der Waals surface area (Å²) in [6.45, 7) is 10.4. The number of unbranched alkanes of at least 4 members (excludes halogenated alkanes) is 2. The molecule has 0 radical (unpaired) electrons. The van der Waals surface area contributed by atoms with E-state index in [2.05, 4.69) is 27.7 Å². The standard InChI is InChI=1S/C12H26O2/c1-5-6-10-13-14-11-8-7-9-12(2,3)4/h5-11H2,1-4H3. The van der Waals surface area contributed by atoms with E-state index >= 15 is 0 Å². The zero-order valence-corrected chi connectivity index (χ0v) is 10.3. The van der Waals surface area contributed by atoms with Gasteiger partial charge in [0.25, 0.3) is 0 Å². The molecule has 0 atom stereocenters. The van der Waals surface area contributed by atoms with E-state index in [-0.39, 0.29) is 0 Å². The van der Waals surface area contributed by atoms with Crippen LogP contribution in [-0.4, -0.2) is 13.2 Å². The maximum atomic E-state index is 5.05. The molecule has 0 heterocycles. The summed E-state index contributed by atoms with van der Waals surface area (Å²) in [4.78, 5) is 10.1. The highest BCUT2D eigenvalue weighted by molar-refractivity contribution is 4.60. The number of rotatable bonds is 8. The predicted octanol–water partition coefficient (Wildman–Crippen LogP) is 3.95. The molecular formula is C12H26O2. The zero-order valence-electron chi connectivity index (χ0n) is 10.3. The van der Waals surface area contributed by atoms with Gasteiger partial charge in [0.2, 0.25) is 0 Å². The van der Waals surface area contributed by atoms with Crippen LogP contribution in [0.25, 0.3) is 0 Å². The summed E-state index contributed by atoms with van der Waals surface area (Å²) >= 11 is 0. The fourth-order valence-electron chi connectivity index (χ4n) is 1.14. The molecule has 0 unspecified atom stereocenters. The van der Waals surface area contributed by atoms with Gasteiger partial charge < -0.3 is 0 Å². The molecular weight excluding hydrogens is 176 g/mol. The van der Waals surface area contributed by atoms with Crippen LogP contribution in [0.15, 0.2) is 0 Å². The van der Waals surface area contributed by atoms with Gasteiger partial charge in [-0.2, -0.15) is 0 Å². The van der Waals surface area contributed by atoms with Crippen molar-refractivity contribution in [2.24, 2.45) is 5.41 Å². The van der Waals surface area contributed by atoms with E-state index in [1.54, 1.807) is 0 Å². The molecule has 14 heavy (non-hydrogen) atoms. The molecule has 86 valence electrons. The number of hydrogen-bond donors (Lipinski definition) is 0. The Morgan fingerprint density at radius 1 is 0.857 bits per heavy atom. The monoisotopic (exact) mass is 202 g/mol. The van der Waals surface area contributed by atoms with Crippen molar-refractivity contribution >= 4 is 0 Å². The summed E-state index contributed by atoms with van der Waals surface area (Å²) < 4.78 is 0. The first kappa shape index (κ1) is 13.9. The molecule has 0 spiro atoms. The Morgan fingerprint density at radius 3 is 1.93 bits per heavy atom. The lowest BCUT2D eigenvalue weighted by atomic mass is 9.90. The highest BCUT2D eigenvalue weighted by Gasteiger charge is 2.08.